The molecule has 4 heteroatoms. The Morgan fingerprint density at radius 3 is 2.62 bits per heavy atom. The maximum Gasteiger partial charge on any atom is 0.236 e. The Hall–Kier alpha value is -0.610. The first-order valence-electron chi connectivity index (χ1n) is 4.78. The van der Waals surface area contributed by atoms with Crippen LogP contribution in [0, 0.1) is 0 Å². The summed E-state index contributed by atoms with van der Waals surface area (Å²) in [6.07, 6.45) is 2.71. The van der Waals surface area contributed by atoms with Crippen molar-refractivity contribution < 1.29 is 9.90 Å². The molecule has 0 heterocycles. The Labute approximate surface area is 79.7 Å². The minimum absolute atomic E-state index is 0.0338. The summed E-state index contributed by atoms with van der Waals surface area (Å²) in [6, 6.07) is -0.127. The SMILES string of the molecule is CNC(C)C(=O)NCCCCCO. The van der Waals surface area contributed by atoms with Crippen LogP contribution in [-0.2, 0) is 4.79 Å². The highest BCUT2D eigenvalue weighted by molar-refractivity contribution is 5.81. The fraction of sp³-hybridized carbons (Fsp3) is 0.889. The second kappa shape index (κ2) is 8.01. The van der Waals surface area contributed by atoms with Gasteiger partial charge >= 0.3 is 0 Å². The molecule has 0 radical (unpaired) electrons. The van der Waals surface area contributed by atoms with Gasteiger partial charge in [-0.3, -0.25) is 4.79 Å². The van der Waals surface area contributed by atoms with Crippen molar-refractivity contribution in [3.63, 3.8) is 0 Å². The molecule has 1 amide bonds. The van der Waals surface area contributed by atoms with Crippen molar-refractivity contribution in [2.45, 2.75) is 32.2 Å². The molecule has 0 rings (SSSR count). The van der Waals surface area contributed by atoms with E-state index in [4.69, 9.17) is 5.11 Å². The van der Waals surface area contributed by atoms with E-state index in [1.807, 2.05) is 6.92 Å². The molecular weight excluding hydrogens is 168 g/mol. The summed E-state index contributed by atoms with van der Waals surface area (Å²) in [5.74, 6) is 0.0338. The molecular formula is C9H20N2O2. The zero-order valence-corrected chi connectivity index (χ0v) is 8.47. The molecule has 13 heavy (non-hydrogen) atoms. The Balaban J connectivity index is 3.27. The second-order valence-corrected chi connectivity index (χ2v) is 3.09. The third-order valence-corrected chi connectivity index (χ3v) is 1.96. The van der Waals surface area contributed by atoms with Crippen LogP contribution < -0.4 is 10.6 Å². The van der Waals surface area contributed by atoms with E-state index in [0.29, 0.717) is 6.54 Å². The van der Waals surface area contributed by atoms with E-state index in [1.54, 1.807) is 7.05 Å². The highest BCUT2D eigenvalue weighted by atomic mass is 16.2. The van der Waals surface area contributed by atoms with Crippen molar-refractivity contribution in [3.05, 3.63) is 0 Å². The molecule has 0 aliphatic heterocycles. The fourth-order valence-electron chi connectivity index (χ4n) is 0.909. The Morgan fingerprint density at radius 1 is 1.38 bits per heavy atom. The van der Waals surface area contributed by atoms with Crippen LogP contribution in [-0.4, -0.2) is 37.3 Å². The van der Waals surface area contributed by atoms with E-state index in [9.17, 15) is 4.79 Å². The first-order chi connectivity index (χ1) is 6.22. The van der Waals surface area contributed by atoms with Gasteiger partial charge in [0.1, 0.15) is 0 Å². The van der Waals surface area contributed by atoms with Gasteiger partial charge in [0.15, 0.2) is 0 Å². The van der Waals surface area contributed by atoms with E-state index < -0.39 is 0 Å². The molecule has 0 aromatic rings. The maximum absolute atomic E-state index is 11.2. The summed E-state index contributed by atoms with van der Waals surface area (Å²) in [7, 11) is 1.76. The van der Waals surface area contributed by atoms with Crippen LogP contribution in [0.25, 0.3) is 0 Å². The molecule has 4 nitrogen and oxygen atoms in total. The molecule has 3 N–H and O–H groups in total. The fourth-order valence-corrected chi connectivity index (χ4v) is 0.909. The van der Waals surface area contributed by atoms with Gasteiger partial charge in [0.25, 0.3) is 0 Å². The average Bonchev–Trinajstić information content (AvgIpc) is 2.16. The number of aliphatic hydroxyl groups excluding tert-OH is 1. The van der Waals surface area contributed by atoms with Crippen molar-refractivity contribution in [2.75, 3.05) is 20.2 Å². The van der Waals surface area contributed by atoms with Crippen molar-refractivity contribution in [3.8, 4) is 0 Å². The lowest BCUT2D eigenvalue weighted by molar-refractivity contribution is -0.122. The largest absolute Gasteiger partial charge is 0.396 e. The van der Waals surface area contributed by atoms with Gasteiger partial charge in [0.2, 0.25) is 5.91 Å². The van der Waals surface area contributed by atoms with Crippen LogP contribution in [0.15, 0.2) is 0 Å². The first-order valence-corrected chi connectivity index (χ1v) is 4.78. The first kappa shape index (κ1) is 12.4. The lowest BCUT2D eigenvalue weighted by atomic mass is 10.2. The molecule has 1 atom stereocenters. The van der Waals surface area contributed by atoms with Crippen LogP contribution in [0.4, 0.5) is 0 Å². The monoisotopic (exact) mass is 188 g/mol. The zero-order chi connectivity index (χ0) is 10.1. The van der Waals surface area contributed by atoms with E-state index in [0.717, 1.165) is 19.3 Å². The summed E-state index contributed by atoms with van der Waals surface area (Å²) in [5.41, 5.74) is 0. The van der Waals surface area contributed by atoms with Crippen molar-refractivity contribution in [2.24, 2.45) is 0 Å². The van der Waals surface area contributed by atoms with Gasteiger partial charge in [0.05, 0.1) is 6.04 Å². The normalized spacial score (nSPS) is 12.5. The van der Waals surface area contributed by atoms with Gasteiger partial charge in [-0.2, -0.15) is 0 Å². The van der Waals surface area contributed by atoms with E-state index in [-0.39, 0.29) is 18.6 Å². The molecule has 0 aromatic heterocycles. The minimum atomic E-state index is -0.127. The van der Waals surface area contributed by atoms with Gasteiger partial charge in [-0.15, -0.1) is 0 Å². The molecule has 0 aromatic carbocycles. The Bertz CT molecular complexity index is 140. The van der Waals surface area contributed by atoms with Crippen molar-refractivity contribution >= 4 is 5.91 Å². The summed E-state index contributed by atoms with van der Waals surface area (Å²) in [5, 5.41) is 14.2. The number of hydrogen-bond acceptors (Lipinski definition) is 3. The second-order valence-electron chi connectivity index (χ2n) is 3.09. The summed E-state index contributed by atoms with van der Waals surface area (Å²) < 4.78 is 0. The number of amides is 1. The molecule has 0 fully saturated rings. The molecule has 0 bridgehead atoms. The number of unbranched alkanes of at least 4 members (excludes halogenated alkanes) is 2. The van der Waals surface area contributed by atoms with Gasteiger partial charge in [-0.1, -0.05) is 0 Å². The lowest BCUT2D eigenvalue weighted by Gasteiger charge is -2.10. The number of rotatable bonds is 7. The van der Waals surface area contributed by atoms with E-state index in [1.165, 1.54) is 0 Å². The number of nitrogens with one attached hydrogen (secondary N) is 2. The van der Waals surface area contributed by atoms with Crippen LogP contribution in [0.1, 0.15) is 26.2 Å². The quantitative estimate of drug-likeness (QED) is 0.488. The third-order valence-electron chi connectivity index (χ3n) is 1.96. The summed E-state index contributed by atoms with van der Waals surface area (Å²) in [6.45, 7) is 2.76. The topological polar surface area (TPSA) is 61.4 Å². The van der Waals surface area contributed by atoms with Gasteiger partial charge in [-0.25, -0.2) is 0 Å². The number of carbonyl (C=O) groups is 1. The molecule has 0 aliphatic carbocycles. The van der Waals surface area contributed by atoms with Gasteiger partial charge in [-0.05, 0) is 33.2 Å². The predicted octanol–water partition coefficient (Wildman–Crippen LogP) is -0.127. The average molecular weight is 188 g/mol. The summed E-state index contributed by atoms with van der Waals surface area (Å²) >= 11 is 0. The molecule has 78 valence electrons. The van der Waals surface area contributed by atoms with Gasteiger partial charge < -0.3 is 15.7 Å². The summed E-state index contributed by atoms with van der Waals surface area (Å²) in [4.78, 5) is 11.2. The standard InChI is InChI=1S/C9H20N2O2/c1-8(10-2)9(13)11-6-4-3-5-7-12/h8,10,12H,3-7H2,1-2H3,(H,11,13). The maximum atomic E-state index is 11.2. The number of likely N-dealkylation sites (N-methyl/N-ethyl adjacent to an activating group) is 1. The highest BCUT2D eigenvalue weighted by Crippen LogP contribution is 1.92. The van der Waals surface area contributed by atoms with Crippen molar-refractivity contribution in [1.82, 2.24) is 10.6 Å². The lowest BCUT2D eigenvalue weighted by Crippen LogP contribution is -2.40. The van der Waals surface area contributed by atoms with Crippen LogP contribution in [0.2, 0.25) is 0 Å². The van der Waals surface area contributed by atoms with Gasteiger partial charge in [0, 0.05) is 13.2 Å². The number of aliphatic hydroxyl groups is 1. The third kappa shape index (κ3) is 6.54. The van der Waals surface area contributed by atoms with Crippen molar-refractivity contribution in [1.29, 1.82) is 0 Å². The molecule has 0 saturated carbocycles. The number of carbonyl (C=O) groups excluding carboxylic acids is 1. The highest BCUT2D eigenvalue weighted by Gasteiger charge is 2.07. The minimum Gasteiger partial charge on any atom is -0.396 e. The molecule has 0 aliphatic rings. The smallest absolute Gasteiger partial charge is 0.236 e. The Morgan fingerprint density at radius 2 is 2.08 bits per heavy atom. The Kier molecular flexibility index (Phi) is 7.63. The zero-order valence-electron chi connectivity index (χ0n) is 8.47. The van der Waals surface area contributed by atoms with E-state index in [2.05, 4.69) is 10.6 Å². The molecule has 0 spiro atoms. The van der Waals surface area contributed by atoms with E-state index >= 15 is 0 Å². The molecule has 0 saturated heterocycles. The molecule has 1 unspecified atom stereocenters. The van der Waals surface area contributed by atoms with Crippen LogP contribution in [0.3, 0.4) is 0 Å². The van der Waals surface area contributed by atoms with Crippen LogP contribution >= 0.6 is 0 Å². The van der Waals surface area contributed by atoms with Crippen LogP contribution in [0.5, 0.6) is 0 Å². The number of hydrogen-bond donors (Lipinski definition) is 3. The predicted molar refractivity (Wildman–Crippen MR) is 52.5 cm³/mol.